The van der Waals surface area contributed by atoms with Crippen LogP contribution in [0.15, 0.2) is 48.5 Å². The number of methoxy groups -OCH3 is 2. The molecule has 2 rings (SSSR count). The number of benzene rings is 2. The van der Waals surface area contributed by atoms with Gasteiger partial charge in [-0.05, 0) is 17.7 Å². The normalized spacial score (nSPS) is 11.8. The average molecular weight is 286 g/mol. The predicted molar refractivity (Wildman–Crippen MR) is 80.0 cm³/mol. The minimum absolute atomic E-state index is 0.277. The van der Waals surface area contributed by atoms with E-state index in [0.717, 1.165) is 5.56 Å². The van der Waals surface area contributed by atoms with Crippen molar-refractivity contribution < 1.29 is 19.4 Å². The Morgan fingerprint density at radius 2 is 1.62 bits per heavy atom. The Morgan fingerprint density at radius 3 is 2.14 bits per heavy atom. The van der Waals surface area contributed by atoms with Crippen molar-refractivity contribution in [3.05, 3.63) is 59.7 Å². The number of aliphatic hydroxyl groups is 1. The highest BCUT2D eigenvalue weighted by atomic mass is 16.5. The summed E-state index contributed by atoms with van der Waals surface area (Å²) in [5.74, 6) is 0.685. The molecule has 0 saturated heterocycles. The molecule has 1 atom stereocenters. The summed E-state index contributed by atoms with van der Waals surface area (Å²) < 4.78 is 10.3. The molecule has 110 valence electrons. The molecular weight excluding hydrogens is 268 g/mol. The first-order chi connectivity index (χ1) is 10.1. The average Bonchev–Trinajstić information content (AvgIpc) is 2.54. The van der Waals surface area contributed by atoms with Crippen LogP contribution in [0.25, 0.3) is 0 Å². The van der Waals surface area contributed by atoms with Crippen LogP contribution in [0.2, 0.25) is 0 Å². The van der Waals surface area contributed by atoms with Crippen LogP contribution in [0.5, 0.6) is 11.5 Å². The van der Waals surface area contributed by atoms with Crippen molar-refractivity contribution in [3.63, 3.8) is 0 Å². The first-order valence-corrected chi connectivity index (χ1v) is 6.63. The van der Waals surface area contributed by atoms with E-state index in [9.17, 15) is 9.90 Å². The fourth-order valence-corrected chi connectivity index (χ4v) is 2.07. The molecule has 0 spiro atoms. The summed E-state index contributed by atoms with van der Waals surface area (Å²) in [5.41, 5.74) is 1.28. The van der Waals surface area contributed by atoms with Gasteiger partial charge in [-0.2, -0.15) is 0 Å². The van der Waals surface area contributed by atoms with Crippen molar-refractivity contribution in [2.45, 2.75) is 12.5 Å². The van der Waals surface area contributed by atoms with E-state index >= 15 is 0 Å². The van der Waals surface area contributed by atoms with Gasteiger partial charge in [0, 0.05) is 18.1 Å². The zero-order valence-electron chi connectivity index (χ0n) is 12.1. The van der Waals surface area contributed by atoms with Crippen molar-refractivity contribution in [3.8, 4) is 11.5 Å². The highest BCUT2D eigenvalue weighted by molar-refractivity contribution is 6.00. The zero-order chi connectivity index (χ0) is 15.2. The molecule has 21 heavy (non-hydrogen) atoms. The quantitative estimate of drug-likeness (QED) is 0.829. The molecule has 0 radical (unpaired) electrons. The van der Waals surface area contributed by atoms with Gasteiger partial charge in [0.15, 0.2) is 5.78 Å². The van der Waals surface area contributed by atoms with E-state index in [1.807, 2.05) is 30.3 Å². The summed E-state index contributed by atoms with van der Waals surface area (Å²) in [6, 6.07) is 14.3. The molecule has 0 fully saturated rings. The van der Waals surface area contributed by atoms with E-state index < -0.39 is 6.10 Å². The molecular formula is C17H18O4. The van der Waals surface area contributed by atoms with Gasteiger partial charge >= 0.3 is 0 Å². The second kappa shape index (κ2) is 6.90. The summed E-state index contributed by atoms with van der Waals surface area (Å²) in [7, 11) is 3.03. The van der Waals surface area contributed by atoms with Gasteiger partial charge in [0.2, 0.25) is 0 Å². The maximum atomic E-state index is 12.3. The molecule has 2 aromatic carbocycles. The van der Waals surface area contributed by atoms with Crippen molar-refractivity contribution >= 4 is 5.78 Å². The molecule has 4 heteroatoms. The Balaban J connectivity index is 2.19. The van der Waals surface area contributed by atoms with Crippen molar-refractivity contribution in [1.29, 1.82) is 0 Å². The van der Waals surface area contributed by atoms with Gasteiger partial charge in [-0.25, -0.2) is 0 Å². The lowest BCUT2D eigenvalue weighted by Crippen LogP contribution is -2.23. The minimum atomic E-state index is -1.09. The summed E-state index contributed by atoms with van der Waals surface area (Å²) in [6.45, 7) is 0. The Hall–Kier alpha value is -2.33. The summed E-state index contributed by atoms with van der Waals surface area (Å²) in [6.07, 6.45) is -0.816. The Labute approximate surface area is 123 Å². The van der Waals surface area contributed by atoms with E-state index in [0.29, 0.717) is 17.1 Å². The SMILES string of the molecule is COc1cc(OC)cc(C(=O)[C@H](O)Cc2ccccc2)c1. The molecule has 0 amide bonds. The standard InChI is InChI=1S/C17H18O4/c1-20-14-9-13(10-15(11-14)21-2)17(19)16(18)8-12-6-4-3-5-7-12/h3-7,9-11,16,18H,8H2,1-2H3/t16-/m1/s1. The number of ether oxygens (including phenoxy) is 2. The monoisotopic (exact) mass is 286 g/mol. The third-order valence-corrected chi connectivity index (χ3v) is 3.21. The third kappa shape index (κ3) is 3.83. The number of rotatable bonds is 6. The second-order valence-corrected chi connectivity index (χ2v) is 4.67. The number of hydrogen-bond donors (Lipinski definition) is 1. The fraction of sp³-hybridized carbons (Fsp3) is 0.235. The van der Waals surface area contributed by atoms with Crippen molar-refractivity contribution in [1.82, 2.24) is 0 Å². The first-order valence-electron chi connectivity index (χ1n) is 6.63. The lowest BCUT2D eigenvalue weighted by molar-refractivity contribution is 0.0747. The molecule has 0 aliphatic carbocycles. The zero-order valence-corrected chi connectivity index (χ0v) is 12.1. The Morgan fingerprint density at radius 1 is 1.05 bits per heavy atom. The van der Waals surface area contributed by atoms with Gasteiger partial charge in [0.1, 0.15) is 17.6 Å². The van der Waals surface area contributed by atoms with Gasteiger partial charge in [0.25, 0.3) is 0 Å². The molecule has 4 nitrogen and oxygen atoms in total. The molecule has 0 aliphatic heterocycles. The van der Waals surface area contributed by atoms with Crippen molar-refractivity contribution in [2.24, 2.45) is 0 Å². The molecule has 0 saturated carbocycles. The molecule has 1 N–H and O–H groups in total. The molecule has 0 bridgehead atoms. The number of carbonyl (C=O) groups excluding carboxylic acids is 1. The van der Waals surface area contributed by atoms with E-state index in [4.69, 9.17) is 9.47 Å². The fourth-order valence-electron chi connectivity index (χ4n) is 2.07. The Bertz CT molecular complexity index is 585. The van der Waals surface area contributed by atoms with Crippen LogP contribution in [-0.2, 0) is 6.42 Å². The van der Waals surface area contributed by atoms with E-state index in [1.54, 1.807) is 18.2 Å². The topological polar surface area (TPSA) is 55.8 Å². The van der Waals surface area contributed by atoms with Crippen LogP contribution < -0.4 is 9.47 Å². The number of ketones is 1. The number of hydrogen-bond acceptors (Lipinski definition) is 4. The van der Waals surface area contributed by atoms with Crippen LogP contribution in [0.1, 0.15) is 15.9 Å². The first kappa shape index (κ1) is 15.1. The largest absolute Gasteiger partial charge is 0.497 e. The minimum Gasteiger partial charge on any atom is -0.497 e. The highest BCUT2D eigenvalue weighted by Gasteiger charge is 2.19. The van der Waals surface area contributed by atoms with Crippen LogP contribution in [0, 0.1) is 0 Å². The van der Waals surface area contributed by atoms with Gasteiger partial charge in [0.05, 0.1) is 14.2 Å². The summed E-state index contributed by atoms with van der Waals surface area (Å²) >= 11 is 0. The van der Waals surface area contributed by atoms with Crippen molar-refractivity contribution in [2.75, 3.05) is 14.2 Å². The van der Waals surface area contributed by atoms with Gasteiger partial charge in [-0.15, -0.1) is 0 Å². The number of carbonyl (C=O) groups is 1. The molecule has 2 aromatic rings. The molecule has 0 aliphatic rings. The molecule has 0 aromatic heterocycles. The lowest BCUT2D eigenvalue weighted by atomic mass is 9.99. The predicted octanol–water partition coefficient (Wildman–Crippen LogP) is 2.49. The van der Waals surface area contributed by atoms with Crippen LogP contribution in [0.4, 0.5) is 0 Å². The van der Waals surface area contributed by atoms with E-state index in [2.05, 4.69) is 0 Å². The van der Waals surface area contributed by atoms with Crippen LogP contribution in [-0.4, -0.2) is 31.2 Å². The maximum absolute atomic E-state index is 12.3. The summed E-state index contributed by atoms with van der Waals surface area (Å²) in [4.78, 5) is 12.3. The van der Waals surface area contributed by atoms with E-state index in [-0.39, 0.29) is 12.2 Å². The smallest absolute Gasteiger partial charge is 0.191 e. The molecule has 0 heterocycles. The second-order valence-electron chi connectivity index (χ2n) is 4.67. The van der Waals surface area contributed by atoms with E-state index in [1.165, 1.54) is 14.2 Å². The molecule has 0 unspecified atom stereocenters. The van der Waals surface area contributed by atoms with Gasteiger partial charge in [-0.1, -0.05) is 30.3 Å². The number of aliphatic hydroxyl groups excluding tert-OH is 1. The van der Waals surface area contributed by atoms with Crippen LogP contribution >= 0.6 is 0 Å². The van der Waals surface area contributed by atoms with Gasteiger partial charge in [-0.3, -0.25) is 4.79 Å². The van der Waals surface area contributed by atoms with Gasteiger partial charge < -0.3 is 14.6 Å². The number of Topliss-reactive ketones (excluding diaryl/α,β-unsaturated/α-hetero) is 1. The lowest BCUT2D eigenvalue weighted by Gasteiger charge is -2.12. The third-order valence-electron chi connectivity index (χ3n) is 3.21. The summed E-state index contributed by atoms with van der Waals surface area (Å²) in [5, 5.41) is 10.1. The highest BCUT2D eigenvalue weighted by Crippen LogP contribution is 2.23. The maximum Gasteiger partial charge on any atom is 0.191 e. The Kier molecular flexibility index (Phi) is 4.95. The van der Waals surface area contributed by atoms with Crippen LogP contribution in [0.3, 0.4) is 0 Å².